The zero-order chi connectivity index (χ0) is 10.3. The van der Waals surface area contributed by atoms with Gasteiger partial charge in [-0.2, -0.15) is 0 Å². The number of carbonyl (C=O) groups excluding carboxylic acids is 1. The molecule has 4 nitrogen and oxygen atoms in total. The van der Waals surface area contributed by atoms with Crippen molar-refractivity contribution in [1.29, 1.82) is 0 Å². The van der Waals surface area contributed by atoms with Gasteiger partial charge in [0.1, 0.15) is 5.52 Å². The number of hydrogen-bond donors (Lipinski definition) is 1. The number of rotatable bonds is 1. The molecule has 0 aromatic carbocycles. The Balaban J connectivity index is 2.77. The number of aryl methyl sites for hydroxylation is 1. The molecule has 2 heterocycles. The number of halogens is 1. The molecule has 0 radical (unpaired) electrons. The number of aromatic nitrogens is 2. The van der Waals surface area contributed by atoms with Crippen molar-refractivity contribution in [3.8, 4) is 0 Å². The van der Waals surface area contributed by atoms with E-state index >= 15 is 0 Å². The molecule has 72 valence electrons. The third kappa shape index (κ3) is 1.29. The number of primary amides is 1. The lowest BCUT2D eigenvalue weighted by Crippen LogP contribution is -2.11. The summed E-state index contributed by atoms with van der Waals surface area (Å²) in [5, 5.41) is 0. The van der Waals surface area contributed by atoms with E-state index in [1.165, 1.54) is 6.20 Å². The van der Waals surface area contributed by atoms with Crippen LogP contribution in [0.1, 0.15) is 10.4 Å². The van der Waals surface area contributed by atoms with E-state index in [9.17, 15) is 4.79 Å². The van der Waals surface area contributed by atoms with Crippen LogP contribution in [0.5, 0.6) is 0 Å². The SMILES string of the molecule is Cn1cc(Br)c2ncc(C(N)=O)cc21. The monoisotopic (exact) mass is 253 g/mol. The summed E-state index contributed by atoms with van der Waals surface area (Å²) in [7, 11) is 1.89. The van der Waals surface area contributed by atoms with Crippen molar-refractivity contribution in [3.05, 3.63) is 28.5 Å². The van der Waals surface area contributed by atoms with E-state index in [0.717, 1.165) is 15.5 Å². The van der Waals surface area contributed by atoms with Crippen molar-refractivity contribution < 1.29 is 4.79 Å². The fraction of sp³-hybridized carbons (Fsp3) is 0.111. The predicted octanol–water partition coefficient (Wildman–Crippen LogP) is 1.43. The molecule has 0 aliphatic carbocycles. The molecule has 2 aromatic heterocycles. The predicted molar refractivity (Wildman–Crippen MR) is 56.9 cm³/mol. The highest BCUT2D eigenvalue weighted by Gasteiger charge is 2.08. The van der Waals surface area contributed by atoms with Gasteiger partial charge >= 0.3 is 0 Å². The second-order valence-electron chi connectivity index (χ2n) is 3.04. The van der Waals surface area contributed by atoms with Gasteiger partial charge in [0.25, 0.3) is 0 Å². The number of amides is 1. The average Bonchev–Trinajstić information content (AvgIpc) is 2.42. The molecule has 14 heavy (non-hydrogen) atoms. The number of hydrogen-bond acceptors (Lipinski definition) is 2. The normalized spacial score (nSPS) is 10.7. The highest BCUT2D eigenvalue weighted by molar-refractivity contribution is 9.10. The minimum absolute atomic E-state index is 0.422. The van der Waals surface area contributed by atoms with Crippen LogP contribution in [0.3, 0.4) is 0 Å². The van der Waals surface area contributed by atoms with Crippen molar-refractivity contribution in [2.24, 2.45) is 12.8 Å². The largest absolute Gasteiger partial charge is 0.366 e. The van der Waals surface area contributed by atoms with E-state index in [1.807, 2.05) is 17.8 Å². The molecule has 2 N–H and O–H groups in total. The number of nitrogens with two attached hydrogens (primary N) is 1. The molecule has 1 amide bonds. The first-order valence-corrected chi connectivity index (χ1v) is 4.79. The topological polar surface area (TPSA) is 60.9 Å². The van der Waals surface area contributed by atoms with Crippen LogP contribution in [0, 0.1) is 0 Å². The zero-order valence-corrected chi connectivity index (χ0v) is 9.08. The molecule has 0 fully saturated rings. The molecule has 5 heteroatoms. The lowest BCUT2D eigenvalue weighted by atomic mass is 10.2. The van der Waals surface area contributed by atoms with Gasteiger partial charge in [-0.3, -0.25) is 9.78 Å². The Bertz CT molecular complexity index is 518. The maximum atomic E-state index is 10.9. The summed E-state index contributed by atoms with van der Waals surface area (Å²) in [4.78, 5) is 15.1. The van der Waals surface area contributed by atoms with E-state index in [4.69, 9.17) is 5.73 Å². The van der Waals surface area contributed by atoms with Crippen LogP contribution in [0.15, 0.2) is 22.9 Å². The lowest BCUT2D eigenvalue weighted by molar-refractivity contribution is 0.1000. The summed E-state index contributed by atoms with van der Waals surface area (Å²) in [6, 6.07) is 1.73. The number of nitrogens with zero attached hydrogens (tertiary/aromatic N) is 2. The molecular formula is C9H8BrN3O. The third-order valence-corrected chi connectivity index (χ3v) is 2.65. The fourth-order valence-corrected chi connectivity index (χ4v) is 1.95. The zero-order valence-electron chi connectivity index (χ0n) is 7.49. The number of pyridine rings is 1. The number of fused-ring (bicyclic) bond motifs is 1. The van der Waals surface area contributed by atoms with Gasteiger partial charge in [-0.1, -0.05) is 0 Å². The molecule has 2 aromatic rings. The quantitative estimate of drug-likeness (QED) is 0.836. The highest BCUT2D eigenvalue weighted by atomic mass is 79.9. The molecule has 0 saturated heterocycles. The van der Waals surface area contributed by atoms with E-state index in [2.05, 4.69) is 20.9 Å². The van der Waals surface area contributed by atoms with Gasteiger partial charge in [-0.15, -0.1) is 0 Å². The van der Waals surface area contributed by atoms with Crippen LogP contribution in [-0.2, 0) is 7.05 Å². The fourth-order valence-electron chi connectivity index (χ4n) is 1.34. The first-order valence-electron chi connectivity index (χ1n) is 4.00. The Hall–Kier alpha value is -1.36. The van der Waals surface area contributed by atoms with Crippen molar-refractivity contribution in [3.63, 3.8) is 0 Å². The van der Waals surface area contributed by atoms with Crippen LogP contribution in [0.25, 0.3) is 11.0 Å². The molecule has 0 unspecified atom stereocenters. The molecule has 0 aliphatic heterocycles. The molecule has 0 saturated carbocycles. The Morgan fingerprint density at radius 2 is 2.36 bits per heavy atom. The lowest BCUT2D eigenvalue weighted by Gasteiger charge is -1.97. The Kier molecular flexibility index (Phi) is 2.03. The van der Waals surface area contributed by atoms with E-state index in [1.54, 1.807) is 6.07 Å². The molecule has 0 atom stereocenters. The summed E-state index contributed by atoms with van der Waals surface area (Å²) in [5.74, 6) is -0.461. The van der Waals surface area contributed by atoms with Crippen LogP contribution in [0.2, 0.25) is 0 Å². The molecular weight excluding hydrogens is 246 g/mol. The molecule has 2 rings (SSSR count). The minimum atomic E-state index is -0.461. The molecule has 0 aliphatic rings. The van der Waals surface area contributed by atoms with Crippen molar-refractivity contribution in [1.82, 2.24) is 9.55 Å². The maximum Gasteiger partial charge on any atom is 0.250 e. The van der Waals surface area contributed by atoms with E-state index < -0.39 is 5.91 Å². The Labute approximate surface area is 88.9 Å². The second-order valence-corrected chi connectivity index (χ2v) is 3.90. The van der Waals surface area contributed by atoms with Gasteiger partial charge in [0, 0.05) is 19.4 Å². The minimum Gasteiger partial charge on any atom is -0.366 e. The van der Waals surface area contributed by atoms with Gasteiger partial charge in [0.2, 0.25) is 5.91 Å². The van der Waals surface area contributed by atoms with Crippen LogP contribution < -0.4 is 5.73 Å². The summed E-state index contributed by atoms with van der Waals surface area (Å²) in [5.41, 5.74) is 7.30. The third-order valence-electron chi connectivity index (χ3n) is 2.07. The highest BCUT2D eigenvalue weighted by Crippen LogP contribution is 2.23. The summed E-state index contributed by atoms with van der Waals surface area (Å²) in [6.07, 6.45) is 3.37. The standard InChI is InChI=1S/C9H8BrN3O/c1-13-4-6(10)8-7(13)2-5(3-12-8)9(11)14/h2-4H,1H3,(H2,11,14). The van der Waals surface area contributed by atoms with Crippen molar-refractivity contribution in [2.75, 3.05) is 0 Å². The first-order chi connectivity index (χ1) is 6.59. The van der Waals surface area contributed by atoms with Crippen molar-refractivity contribution >= 4 is 32.9 Å². The van der Waals surface area contributed by atoms with Gasteiger partial charge < -0.3 is 10.3 Å². The average molecular weight is 254 g/mol. The Morgan fingerprint density at radius 3 is 3.00 bits per heavy atom. The second kappa shape index (κ2) is 3.09. The smallest absolute Gasteiger partial charge is 0.250 e. The van der Waals surface area contributed by atoms with Gasteiger partial charge in [-0.25, -0.2) is 0 Å². The van der Waals surface area contributed by atoms with Gasteiger partial charge in [0.15, 0.2) is 0 Å². The van der Waals surface area contributed by atoms with Crippen LogP contribution in [-0.4, -0.2) is 15.5 Å². The summed E-state index contributed by atoms with van der Waals surface area (Å²) < 4.78 is 2.80. The summed E-state index contributed by atoms with van der Waals surface area (Å²) in [6.45, 7) is 0. The number of carbonyl (C=O) groups is 1. The van der Waals surface area contributed by atoms with E-state index in [-0.39, 0.29) is 0 Å². The first kappa shape index (κ1) is 9.21. The van der Waals surface area contributed by atoms with Crippen molar-refractivity contribution in [2.45, 2.75) is 0 Å². The molecule has 0 spiro atoms. The van der Waals surface area contributed by atoms with Crippen LogP contribution in [0.4, 0.5) is 0 Å². The maximum absolute atomic E-state index is 10.9. The summed E-state index contributed by atoms with van der Waals surface area (Å²) >= 11 is 3.38. The molecule has 0 bridgehead atoms. The van der Waals surface area contributed by atoms with E-state index in [0.29, 0.717) is 5.56 Å². The Morgan fingerprint density at radius 1 is 1.64 bits per heavy atom. The van der Waals surface area contributed by atoms with Gasteiger partial charge in [0.05, 0.1) is 15.6 Å². The van der Waals surface area contributed by atoms with Gasteiger partial charge in [-0.05, 0) is 22.0 Å². The van der Waals surface area contributed by atoms with Crippen LogP contribution >= 0.6 is 15.9 Å².